The number of ether oxygens (including phenoxy) is 4. The number of H-pyrrole nitrogens is 2. The predicted octanol–water partition coefficient (Wildman–Crippen LogP) is -4.31. The van der Waals surface area contributed by atoms with E-state index < -0.39 is 90.7 Å². The number of carbonyl (C=O) groups excluding carboxylic acids is 1. The van der Waals surface area contributed by atoms with Crippen molar-refractivity contribution in [3.63, 3.8) is 0 Å². The minimum absolute atomic E-state index is 0.0208. The molecule has 4 rings (SSSR count). The summed E-state index contributed by atoms with van der Waals surface area (Å²) in [5.41, 5.74) is 3.71. The molecular formula is C28H42N6O13. The number of methoxy groups -OCH3 is 2. The lowest BCUT2D eigenvalue weighted by atomic mass is 10.1. The predicted molar refractivity (Wildman–Crippen MR) is 162 cm³/mol. The summed E-state index contributed by atoms with van der Waals surface area (Å²) in [6, 6.07) is 0. The number of aromatic nitrogens is 4. The van der Waals surface area contributed by atoms with Gasteiger partial charge >= 0.3 is 11.4 Å². The second kappa shape index (κ2) is 16.9. The normalized spacial score (nSPS) is 27.0. The molecule has 0 aliphatic carbocycles. The van der Waals surface area contributed by atoms with Crippen LogP contribution in [0.15, 0.2) is 43.7 Å². The van der Waals surface area contributed by atoms with Crippen LogP contribution in [0, 0.1) is 0 Å². The summed E-state index contributed by atoms with van der Waals surface area (Å²) >= 11 is 0. The number of amides is 1. The fourth-order valence-electron chi connectivity index (χ4n) is 5.09. The average Bonchev–Trinajstić information content (AvgIpc) is 3.51. The molecule has 0 unspecified atom stereocenters. The third kappa shape index (κ3) is 8.97. The number of primary amides is 1. The van der Waals surface area contributed by atoms with E-state index in [0.717, 1.165) is 22.8 Å². The number of nitrogens with one attached hydrogen (secondary N) is 3. The van der Waals surface area contributed by atoms with Crippen molar-refractivity contribution >= 4 is 5.91 Å². The number of aliphatic hydroxyl groups excluding tert-OH is 4. The van der Waals surface area contributed by atoms with E-state index in [-0.39, 0.29) is 18.5 Å². The van der Waals surface area contributed by atoms with Gasteiger partial charge in [-0.15, -0.1) is 6.58 Å². The van der Waals surface area contributed by atoms with Gasteiger partial charge in [0.15, 0.2) is 12.5 Å². The summed E-state index contributed by atoms with van der Waals surface area (Å²) in [4.78, 5) is 63.0. The minimum Gasteiger partial charge on any atom is -0.394 e. The van der Waals surface area contributed by atoms with Gasteiger partial charge in [0.1, 0.15) is 36.6 Å². The van der Waals surface area contributed by atoms with Crippen LogP contribution in [0.3, 0.4) is 0 Å². The molecule has 9 N–H and O–H groups in total. The zero-order valence-corrected chi connectivity index (χ0v) is 26.2. The monoisotopic (exact) mass is 670 g/mol. The Kier molecular flexibility index (Phi) is 13.5. The highest BCUT2D eigenvalue weighted by Crippen LogP contribution is 2.31. The summed E-state index contributed by atoms with van der Waals surface area (Å²) in [7, 11) is 2.69. The Hall–Kier alpha value is -3.79. The van der Waals surface area contributed by atoms with Crippen molar-refractivity contribution in [3.05, 3.63) is 77.3 Å². The van der Waals surface area contributed by atoms with E-state index in [1.165, 1.54) is 25.0 Å². The molecule has 4 heterocycles. The van der Waals surface area contributed by atoms with Gasteiger partial charge in [-0.05, 0) is 19.9 Å². The number of carbonyl (C=O) groups is 1. The molecule has 0 bridgehead atoms. The van der Waals surface area contributed by atoms with Gasteiger partial charge in [0.2, 0.25) is 5.91 Å². The Bertz CT molecular complexity index is 1620. The molecule has 2 saturated heterocycles. The number of aliphatic hydroxyl groups is 4. The van der Waals surface area contributed by atoms with Crippen LogP contribution < -0.4 is 33.5 Å². The molecule has 47 heavy (non-hydrogen) atoms. The number of nitrogens with two attached hydrogens (primary N) is 1. The zero-order valence-electron chi connectivity index (χ0n) is 26.2. The van der Waals surface area contributed by atoms with E-state index in [1.54, 1.807) is 0 Å². The molecule has 0 saturated carbocycles. The van der Waals surface area contributed by atoms with Crippen molar-refractivity contribution in [3.8, 4) is 0 Å². The lowest BCUT2D eigenvalue weighted by Gasteiger charge is -2.21. The van der Waals surface area contributed by atoms with Gasteiger partial charge in [-0.2, -0.15) is 0 Å². The number of hydrogen-bond acceptors (Lipinski definition) is 14. The lowest BCUT2D eigenvalue weighted by Crippen LogP contribution is -2.40. The van der Waals surface area contributed by atoms with Crippen molar-refractivity contribution in [1.29, 1.82) is 0 Å². The molecule has 1 amide bonds. The second-order valence-corrected chi connectivity index (χ2v) is 11.0. The lowest BCUT2D eigenvalue weighted by molar-refractivity contribution is -0.117. The zero-order chi connectivity index (χ0) is 35.0. The topological polar surface area (TPSA) is 283 Å². The smallest absolute Gasteiger partial charge is 0.330 e. The molecule has 19 heteroatoms. The van der Waals surface area contributed by atoms with Crippen molar-refractivity contribution in [2.45, 2.75) is 75.4 Å². The van der Waals surface area contributed by atoms with Gasteiger partial charge in [-0.3, -0.25) is 33.5 Å². The summed E-state index contributed by atoms with van der Waals surface area (Å²) in [5.74, 6) is -0.736. The fraction of sp³-hybridized carbons (Fsp3) is 0.607. The van der Waals surface area contributed by atoms with Crippen molar-refractivity contribution < 1.29 is 44.2 Å². The molecule has 2 aliphatic rings. The first kappa shape index (κ1) is 37.7. The standard InChI is InChI=1S/C16H25N3O6.C12H17N3O7/c1-9(2)4-5-17-6-10-7-19(16(23)18-14(10)22)15-13(24-3)12(21)11(8-20)25-15;1-21-9-8(18)6(4-16)22-11(9)15-3-5(2-7(13)17)10(19)14-12(15)20/h7,11-13,15,17,20-21H,1,4-6,8H2,2-3H3,(H,18,22,23);3,6,8-9,11,16,18H,2,4H2,1H3,(H2,13,17)(H,14,19,20)/t11-,12-,13-,15-;6-,8-,9-,11-/m11/s1. The first-order valence-electron chi connectivity index (χ1n) is 14.5. The highest BCUT2D eigenvalue weighted by molar-refractivity contribution is 5.76. The van der Waals surface area contributed by atoms with Crippen LogP contribution in [0.2, 0.25) is 0 Å². The molecule has 2 fully saturated rings. The number of rotatable bonds is 13. The molecule has 0 spiro atoms. The van der Waals surface area contributed by atoms with Gasteiger partial charge in [0.05, 0.1) is 19.6 Å². The maximum Gasteiger partial charge on any atom is 0.330 e. The van der Waals surface area contributed by atoms with Crippen LogP contribution >= 0.6 is 0 Å². The molecule has 2 aromatic rings. The highest BCUT2D eigenvalue weighted by atomic mass is 16.6. The Morgan fingerprint density at radius 3 is 1.77 bits per heavy atom. The van der Waals surface area contributed by atoms with Crippen molar-refractivity contribution in [1.82, 2.24) is 24.4 Å². The highest BCUT2D eigenvalue weighted by Gasteiger charge is 2.46. The van der Waals surface area contributed by atoms with Gasteiger partial charge in [-0.25, -0.2) is 9.59 Å². The van der Waals surface area contributed by atoms with Gasteiger partial charge in [0, 0.05) is 44.3 Å². The number of aromatic amines is 2. The first-order chi connectivity index (χ1) is 22.3. The van der Waals surface area contributed by atoms with E-state index in [9.17, 15) is 39.3 Å². The van der Waals surface area contributed by atoms with Crippen LogP contribution in [0.4, 0.5) is 0 Å². The van der Waals surface area contributed by atoms with Crippen LogP contribution in [-0.4, -0.2) is 116 Å². The average molecular weight is 671 g/mol. The quantitative estimate of drug-likeness (QED) is 0.0739. The summed E-state index contributed by atoms with van der Waals surface area (Å²) in [5, 5.41) is 41.6. The maximum absolute atomic E-state index is 12.2. The maximum atomic E-state index is 12.2. The first-order valence-corrected chi connectivity index (χ1v) is 14.5. The van der Waals surface area contributed by atoms with Crippen LogP contribution in [0.25, 0.3) is 0 Å². The largest absolute Gasteiger partial charge is 0.394 e. The van der Waals surface area contributed by atoms with Crippen LogP contribution in [-0.2, 0) is 36.7 Å². The summed E-state index contributed by atoms with van der Waals surface area (Å²) in [6.07, 6.45) is -4.89. The summed E-state index contributed by atoms with van der Waals surface area (Å²) < 4.78 is 23.4. The molecule has 2 aliphatic heterocycles. The SMILES string of the molecule is C=C(C)CCNCc1cn([C@@H]2O[C@H](CO)[C@@H](O)[C@H]2OC)c(=O)[nH]c1=O.CO[C@@H]1[C@H](O)[C@@H](CO)O[C@H]1n1cc(CC(N)=O)c(=O)[nH]c1=O. The summed E-state index contributed by atoms with van der Waals surface area (Å²) in [6.45, 7) is 5.76. The Labute approximate surface area is 267 Å². The molecule has 2 aromatic heterocycles. The van der Waals surface area contributed by atoms with Crippen molar-refractivity contribution in [2.24, 2.45) is 5.73 Å². The number of hydrogen-bond donors (Lipinski definition) is 8. The number of nitrogens with zero attached hydrogens (tertiary/aromatic N) is 2. The molecule has 262 valence electrons. The molecule has 0 aromatic carbocycles. The molecule has 0 radical (unpaired) electrons. The van der Waals surface area contributed by atoms with Gasteiger partial charge < -0.3 is 50.4 Å². The van der Waals surface area contributed by atoms with Gasteiger partial charge in [-0.1, -0.05) is 5.57 Å². The minimum atomic E-state index is -1.15. The molecule has 19 nitrogen and oxygen atoms in total. The van der Waals surface area contributed by atoms with Gasteiger partial charge in [0.25, 0.3) is 11.1 Å². The molecular weight excluding hydrogens is 628 g/mol. The van der Waals surface area contributed by atoms with Crippen LogP contribution in [0.1, 0.15) is 36.9 Å². The van der Waals surface area contributed by atoms with Crippen LogP contribution in [0.5, 0.6) is 0 Å². The Morgan fingerprint density at radius 1 is 0.915 bits per heavy atom. The van der Waals surface area contributed by atoms with E-state index in [2.05, 4.69) is 16.9 Å². The Balaban J connectivity index is 0.000000257. The van der Waals surface area contributed by atoms with E-state index in [1.807, 2.05) is 11.9 Å². The fourth-order valence-corrected chi connectivity index (χ4v) is 5.09. The second-order valence-electron chi connectivity index (χ2n) is 11.0. The Morgan fingerprint density at radius 2 is 1.36 bits per heavy atom. The van der Waals surface area contributed by atoms with E-state index in [4.69, 9.17) is 29.8 Å². The van der Waals surface area contributed by atoms with E-state index >= 15 is 0 Å². The third-order valence-corrected chi connectivity index (χ3v) is 7.57. The van der Waals surface area contributed by atoms with Crippen molar-refractivity contribution in [2.75, 3.05) is 34.0 Å². The third-order valence-electron chi connectivity index (χ3n) is 7.57. The van der Waals surface area contributed by atoms with E-state index in [0.29, 0.717) is 12.1 Å². The molecule has 8 atom stereocenters.